The molecule has 140 valence electrons. The van der Waals surface area contributed by atoms with Gasteiger partial charge in [0.2, 0.25) is 5.88 Å². The predicted molar refractivity (Wildman–Crippen MR) is 93.2 cm³/mol. The highest BCUT2D eigenvalue weighted by atomic mass is 19.4. The summed E-state index contributed by atoms with van der Waals surface area (Å²) in [5.74, 6) is -1.34. The minimum absolute atomic E-state index is 0.0659. The highest BCUT2D eigenvalue weighted by Gasteiger charge is 2.37. The summed E-state index contributed by atoms with van der Waals surface area (Å²) in [5, 5.41) is 9.95. The quantitative estimate of drug-likeness (QED) is 0.640. The molecule has 28 heavy (non-hydrogen) atoms. The lowest BCUT2D eigenvalue weighted by Gasteiger charge is -2.26. The molecule has 3 aromatic rings. The van der Waals surface area contributed by atoms with Crippen molar-refractivity contribution in [2.75, 3.05) is 0 Å². The van der Waals surface area contributed by atoms with Crippen molar-refractivity contribution >= 4 is 11.0 Å². The third kappa shape index (κ3) is 2.68. The van der Waals surface area contributed by atoms with Gasteiger partial charge in [0.1, 0.15) is 17.2 Å². The summed E-state index contributed by atoms with van der Waals surface area (Å²) in [4.78, 5) is 12.7. The first kappa shape index (κ1) is 17.7. The molecule has 2 N–H and O–H groups in total. The molecule has 0 saturated carbocycles. The van der Waals surface area contributed by atoms with Crippen molar-refractivity contribution in [1.82, 2.24) is 0 Å². The number of nitrogens with zero attached hydrogens (tertiary/aromatic N) is 1. The van der Waals surface area contributed by atoms with Gasteiger partial charge in [-0.1, -0.05) is 30.3 Å². The van der Waals surface area contributed by atoms with Crippen molar-refractivity contribution < 1.29 is 22.3 Å². The van der Waals surface area contributed by atoms with Crippen LogP contribution in [0.5, 0.6) is 5.75 Å². The fraction of sp³-hybridized carbons (Fsp3) is 0.100. The molecule has 0 aliphatic carbocycles. The largest absolute Gasteiger partial charge is 0.439 e. The number of benzene rings is 2. The summed E-state index contributed by atoms with van der Waals surface area (Å²) in [6.45, 7) is 0. The first-order valence-electron chi connectivity index (χ1n) is 8.11. The van der Waals surface area contributed by atoms with Crippen LogP contribution in [-0.2, 0) is 6.18 Å². The van der Waals surface area contributed by atoms with Gasteiger partial charge in [-0.05, 0) is 23.8 Å². The van der Waals surface area contributed by atoms with E-state index < -0.39 is 23.3 Å². The third-order valence-electron chi connectivity index (χ3n) is 4.52. The Labute approximate surface area is 156 Å². The van der Waals surface area contributed by atoms with E-state index in [4.69, 9.17) is 14.9 Å². The second kappa shape index (κ2) is 6.16. The first-order valence-corrected chi connectivity index (χ1v) is 8.11. The Balaban J connectivity index is 2.05. The van der Waals surface area contributed by atoms with Gasteiger partial charge in [-0.15, -0.1) is 0 Å². The summed E-state index contributed by atoms with van der Waals surface area (Å²) in [6, 6.07) is 12.8. The van der Waals surface area contributed by atoms with Crippen molar-refractivity contribution in [1.29, 1.82) is 5.26 Å². The van der Waals surface area contributed by atoms with Gasteiger partial charge < -0.3 is 14.9 Å². The summed E-state index contributed by atoms with van der Waals surface area (Å²) >= 11 is 0. The number of fused-ring (bicyclic) bond motifs is 3. The van der Waals surface area contributed by atoms with E-state index in [-0.39, 0.29) is 33.9 Å². The molecule has 8 heteroatoms. The van der Waals surface area contributed by atoms with Crippen molar-refractivity contribution in [2.24, 2.45) is 5.73 Å². The Morgan fingerprint density at radius 2 is 1.86 bits per heavy atom. The molecule has 0 fully saturated rings. The SMILES string of the molecule is N#CC1=C(N)Oc2c(c(=O)oc3ccccc23)[C@H]1c1cccc(C(F)(F)F)c1. The van der Waals surface area contributed by atoms with Crippen molar-refractivity contribution in [3.8, 4) is 11.8 Å². The molecule has 0 amide bonds. The van der Waals surface area contributed by atoms with Gasteiger partial charge in [-0.3, -0.25) is 0 Å². The van der Waals surface area contributed by atoms with Gasteiger partial charge in [-0.2, -0.15) is 18.4 Å². The molecule has 4 rings (SSSR count). The molecule has 1 aromatic heterocycles. The molecule has 1 aliphatic rings. The fourth-order valence-electron chi connectivity index (χ4n) is 3.29. The lowest BCUT2D eigenvalue weighted by Crippen LogP contribution is -2.26. The molecule has 0 spiro atoms. The second-order valence-corrected chi connectivity index (χ2v) is 6.18. The maximum absolute atomic E-state index is 13.2. The van der Waals surface area contributed by atoms with Crippen LogP contribution >= 0.6 is 0 Å². The molecule has 2 aromatic carbocycles. The molecule has 5 nitrogen and oxygen atoms in total. The lowest BCUT2D eigenvalue weighted by atomic mass is 9.83. The third-order valence-corrected chi connectivity index (χ3v) is 4.52. The monoisotopic (exact) mass is 384 g/mol. The first-order chi connectivity index (χ1) is 13.3. The zero-order valence-corrected chi connectivity index (χ0v) is 14.1. The maximum atomic E-state index is 13.2. The number of para-hydroxylation sites is 1. The zero-order valence-electron chi connectivity index (χ0n) is 14.1. The Kier molecular flexibility index (Phi) is 3.89. The molecule has 1 aliphatic heterocycles. The number of ether oxygens (including phenoxy) is 1. The highest BCUT2D eigenvalue weighted by Crippen LogP contribution is 2.44. The summed E-state index contributed by atoms with van der Waals surface area (Å²) in [5.41, 5.74) is 4.26. The number of halogens is 3. The van der Waals surface area contributed by atoms with E-state index in [2.05, 4.69) is 0 Å². The average Bonchev–Trinajstić information content (AvgIpc) is 2.66. The maximum Gasteiger partial charge on any atom is 0.416 e. The summed E-state index contributed by atoms with van der Waals surface area (Å²) in [6.07, 6.45) is -4.58. The van der Waals surface area contributed by atoms with Gasteiger partial charge in [-0.25, -0.2) is 4.79 Å². The molecule has 0 bridgehead atoms. The van der Waals surface area contributed by atoms with E-state index >= 15 is 0 Å². The van der Waals surface area contributed by atoms with Crippen molar-refractivity contribution in [2.45, 2.75) is 12.1 Å². The van der Waals surface area contributed by atoms with E-state index in [0.29, 0.717) is 5.39 Å². The molecular formula is C20H11F3N2O3. The van der Waals surface area contributed by atoms with Crippen LogP contribution in [0.15, 0.2) is 69.2 Å². The summed E-state index contributed by atoms with van der Waals surface area (Å²) < 4.78 is 50.3. The van der Waals surface area contributed by atoms with Gasteiger partial charge in [0, 0.05) is 0 Å². The Hall–Kier alpha value is -3.73. The van der Waals surface area contributed by atoms with E-state index in [1.54, 1.807) is 24.3 Å². The van der Waals surface area contributed by atoms with E-state index in [0.717, 1.165) is 12.1 Å². The summed E-state index contributed by atoms with van der Waals surface area (Å²) in [7, 11) is 0. The minimum Gasteiger partial charge on any atom is -0.439 e. The molecule has 0 unspecified atom stereocenters. The van der Waals surface area contributed by atoms with Crippen LogP contribution in [0.1, 0.15) is 22.6 Å². The van der Waals surface area contributed by atoms with Crippen LogP contribution in [0, 0.1) is 11.3 Å². The van der Waals surface area contributed by atoms with E-state index in [9.17, 15) is 23.2 Å². The van der Waals surface area contributed by atoms with Crippen LogP contribution in [-0.4, -0.2) is 0 Å². The Morgan fingerprint density at radius 3 is 2.57 bits per heavy atom. The number of rotatable bonds is 1. The lowest BCUT2D eigenvalue weighted by molar-refractivity contribution is -0.137. The zero-order chi connectivity index (χ0) is 20.1. The van der Waals surface area contributed by atoms with Gasteiger partial charge in [0.05, 0.1) is 22.4 Å². The number of nitriles is 1. The molecule has 2 heterocycles. The Morgan fingerprint density at radius 1 is 1.11 bits per heavy atom. The van der Waals surface area contributed by atoms with E-state index in [1.807, 2.05) is 6.07 Å². The molecule has 1 atom stereocenters. The smallest absolute Gasteiger partial charge is 0.416 e. The van der Waals surface area contributed by atoms with Crippen LogP contribution in [0.2, 0.25) is 0 Å². The fourth-order valence-corrected chi connectivity index (χ4v) is 3.29. The van der Waals surface area contributed by atoms with Crippen LogP contribution < -0.4 is 16.1 Å². The van der Waals surface area contributed by atoms with E-state index in [1.165, 1.54) is 12.1 Å². The Bertz CT molecular complexity index is 1240. The molecule has 0 saturated heterocycles. The number of allylic oxidation sites excluding steroid dienone is 1. The predicted octanol–water partition coefficient (Wildman–Crippen LogP) is 4.03. The van der Waals surface area contributed by atoms with Crippen LogP contribution in [0.25, 0.3) is 11.0 Å². The normalized spacial score (nSPS) is 16.4. The minimum atomic E-state index is -4.58. The van der Waals surface area contributed by atoms with Crippen molar-refractivity contribution in [3.63, 3.8) is 0 Å². The number of hydrogen-bond acceptors (Lipinski definition) is 5. The van der Waals surface area contributed by atoms with Gasteiger partial charge >= 0.3 is 11.8 Å². The number of nitrogens with two attached hydrogens (primary N) is 1. The molecule has 0 radical (unpaired) electrons. The number of hydrogen-bond donors (Lipinski definition) is 1. The van der Waals surface area contributed by atoms with Crippen molar-refractivity contribution in [3.05, 3.63) is 87.1 Å². The van der Waals surface area contributed by atoms with Crippen LogP contribution in [0.4, 0.5) is 13.2 Å². The molecular weight excluding hydrogens is 373 g/mol. The number of alkyl halides is 3. The average molecular weight is 384 g/mol. The standard InChI is InChI=1S/C20H11F3N2O3/c21-20(22,23)11-5-3-4-10(8-11)15-13(9-24)18(25)28-17-12-6-1-2-7-14(12)27-19(26)16(15)17/h1-8,15H,25H2/t15-/m0/s1. The second-order valence-electron chi connectivity index (χ2n) is 6.18. The van der Waals surface area contributed by atoms with Gasteiger partial charge in [0.15, 0.2) is 5.75 Å². The topological polar surface area (TPSA) is 89.3 Å². The van der Waals surface area contributed by atoms with Crippen LogP contribution in [0.3, 0.4) is 0 Å². The highest BCUT2D eigenvalue weighted by molar-refractivity contribution is 5.86. The van der Waals surface area contributed by atoms with Gasteiger partial charge in [0.25, 0.3) is 0 Å².